The summed E-state index contributed by atoms with van der Waals surface area (Å²) in [5.41, 5.74) is 2.25. The van der Waals surface area contributed by atoms with E-state index in [4.69, 9.17) is 20.9 Å². The van der Waals surface area contributed by atoms with Gasteiger partial charge in [0.15, 0.2) is 6.61 Å². The fourth-order valence-electron chi connectivity index (χ4n) is 3.26. The van der Waals surface area contributed by atoms with Gasteiger partial charge in [0.25, 0.3) is 5.91 Å². The van der Waals surface area contributed by atoms with Crippen LogP contribution in [0, 0.1) is 11.3 Å². The Morgan fingerprint density at radius 3 is 2.97 bits per heavy atom. The van der Waals surface area contributed by atoms with E-state index in [-0.39, 0.29) is 18.5 Å². The van der Waals surface area contributed by atoms with E-state index < -0.39 is 5.91 Å². The molecule has 1 aliphatic carbocycles. The number of benzene rings is 1. The lowest BCUT2D eigenvalue weighted by molar-refractivity contribution is -0.118. The van der Waals surface area contributed by atoms with E-state index >= 15 is 0 Å². The van der Waals surface area contributed by atoms with Crippen molar-refractivity contribution >= 4 is 33.8 Å². The molecule has 29 heavy (non-hydrogen) atoms. The molecule has 0 radical (unpaired) electrons. The van der Waals surface area contributed by atoms with Crippen molar-refractivity contribution in [3.8, 4) is 23.5 Å². The molecule has 7 nitrogen and oxygen atoms in total. The van der Waals surface area contributed by atoms with Gasteiger partial charge in [-0.1, -0.05) is 35.3 Å². The molecule has 2 heterocycles. The van der Waals surface area contributed by atoms with Gasteiger partial charge in [-0.2, -0.15) is 10.2 Å². The van der Waals surface area contributed by atoms with Crippen molar-refractivity contribution in [2.75, 3.05) is 11.9 Å². The molecule has 0 bridgehead atoms. The van der Waals surface area contributed by atoms with Crippen molar-refractivity contribution in [3.63, 3.8) is 0 Å². The molecule has 0 fully saturated rings. The highest BCUT2D eigenvalue weighted by Gasteiger charge is 2.21. The number of nitriles is 1. The third-order valence-electron chi connectivity index (χ3n) is 4.63. The van der Waals surface area contributed by atoms with Crippen molar-refractivity contribution in [2.45, 2.75) is 32.1 Å². The Kier molecular flexibility index (Phi) is 5.79. The molecular formula is C20H17ClN4O3S. The SMILES string of the molecule is N#Cc1c(NC(=O)COc2nc(-c3ccccc3Cl)no2)sc2c1CCCCC2. The van der Waals surface area contributed by atoms with Crippen LogP contribution in [-0.4, -0.2) is 22.7 Å². The predicted molar refractivity (Wildman–Crippen MR) is 109 cm³/mol. The number of carbonyl (C=O) groups is 1. The van der Waals surface area contributed by atoms with Gasteiger partial charge in [-0.15, -0.1) is 11.3 Å². The van der Waals surface area contributed by atoms with Crippen molar-refractivity contribution in [1.82, 2.24) is 10.1 Å². The first-order valence-corrected chi connectivity index (χ1v) is 10.4. The molecule has 0 saturated carbocycles. The third kappa shape index (κ3) is 4.26. The summed E-state index contributed by atoms with van der Waals surface area (Å²) in [5.74, 6) is -0.116. The first kappa shape index (κ1) is 19.4. The van der Waals surface area contributed by atoms with Gasteiger partial charge in [0.1, 0.15) is 11.1 Å². The Balaban J connectivity index is 1.40. The van der Waals surface area contributed by atoms with Gasteiger partial charge in [0.05, 0.1) is 10.6 Å². The number of amides is 1. The number of anilines is 1. The van der Waals surface area contributed by atoms with Crippen molar-refractivity contribution in [1.29, 1.82) is 5.26 Å². The normalized spacial score (nSPS) is 13.2. The van der Waals surface area contributed by atoms with E-state index in [1.54, 1.807) is 24.3 Å². The monoisotopic (exact) mass is 428 g/mol. The summed E-state index contributed by atoms with van der Waals surface area (Å²) in [6.45, 7) is -0.308. The van der Waals surface area contributed by atoms with Crippen LogP contribution in [0.3, 0.4) is 0 Å². The van der Waals surface area contributed by atoms with Crippen molar-refractivity contribution < 1.29 is 14.1 Å². The highest BCUT2D eigenvalue weighted by Crippen LogP contribution is 2.37. The Labute approximate surface area is 176 Å². The Hall–Kier alpha value is -2.89. The lowest BCUT2D eigenvalue weighted by Crippen LogP contribution is -2.20. The van der Waals surface area contributed by atoms with Gasteiger partial charge in [-0.25, -0.2) is 0 Å². The van der Waals surface area contributed by atoms with E-state index in [0.29, 0.717) is 21.2 Å². The van der Waals surface area contributed by atoms with E-state index in [9.17, 15) is 10.1 Å². The van der Waals surface area contributed by atoms with Crippen LogP contribution in [0.25, 0.3) is 11.4 Å². The Bertz CT molecular complexity index is 1090. The highest BCUT2D eigenvalue weighted by molar-refractivity contribution is 7.16. The summed E-state index contributed by atoms with van der Waals surface area (Å²) in [6.07, 6.45) is 5.06. The number of carbonyl (C=O) groups excluding carboxylic acids is 1. The van der Waals surface area contributed by atoms with Crippen LogP contribution in [0.5, 0.6) is 6.08 Å². The molecule has 1 aromatic carbocycles. The predicted octanol–water partition coefficient (Wildman–Crippen LogP) is 4.61. The van der Waals surface area contributed by atoms with E-state index in [1.165, 1.54) is 22.6 Å². The van der Waals surface area contributed by atoms with Crippen molar-refractivity contribution in [3.05, 3.63) is 45.3 Å². The maximum atomic E-state index is 12.3. The molecule has 1 N–H and O–H groups in total. The van der Waals surface area contributed by atoms with Gasteiger partial charge in [0.2, 0.25) is 5.82 Å². The molecule has 1 aliphatic rings. The number of ether oxygens (including phenoxy) is 1. The fourth-order valence-corrected chi connectivity index (χ4v) is 4.74. The number of aromatic nitrogens is 2. The van der Waals surface area contributed by atoms with E-state index in [0.717, 1.165) is 31.2 Å². The Morgan fingerprint density at radius 2 is 2.14 bits per heavy atom. The summed E-state index contributed by atoms with van der Waals surface area (Å²) in [7, 11) is 0. The maximum absolute atomic E-state index is 12.3. The minimum Gasteiger partial charge on any atom is -0.439 e. The molecule has 4 rings (SSSR count). The van der Waals surface area contributed by atoms with Crippen molar-refractivity contribution in [2.24, 2.45) is 0 Å². The molecule has 0 spiro atoms. The number of fused-ring (bicyclic) bond motifs is 1. The molecule has 0 aliphatic heterocycles. The average molecular weight is 429 g/mol. The van der Waals surface area contributed by atoms with Gasteiger partial charge >= 0.3 is 6.08 Å². The van der Waals surface area contributed by atoms with Crippen LogP contribution >= 0.6 is 22.9 Å². The average Bonchev–Trinajstić information content (AvgIpc) is 3.24. The quantitative estimate of drug-likeness (QED) is 0.595. The van der Waals surface area contributed by atoms with Crippen LogP contribution < -0.4 is 10.1 Å². The van der Waals surface area contributed by atoms with E-state index in [2.05, 4.69) is 21.5 Å². The number of hydrogen-bond acceptors (Lipinski definition) is 7. The summed E-state index contributed by atoms with van der Waals surface area (Å²) >= 11 is 7.59. The minimum atomic E-state index is -0.393. The van der Waals surface area contributed by atoms with Crippen LogP contribution in [0.15, 0.2) is 28.8 Å². The fraction of sp³-hybridized carbons (Fsp3) is 0.300. The van der Waals surface area contributed by atoms with Gasteiger partial charge in [0, 0.05) is 10.4 Å². The number of halogens is 1. The zero-order valence-corrected chi connectivity index (χ0v) is 17.0. The summed E-state index contributed by atoms with van der Waals surface area (Å²) in [6, 6.07) is 9.32. The largest absolute Gasteiger partial charge is 0.439 e. The number of aryl methyl sites for hydroxylation is 1. The molecule has 3 aromatic rings. The smallest absolute Gasteiger partial charge is 0.418 e. The number of nitrogens with one attached hydrogen (secondary N) is 1. The Morgan fingerprint density at radius 1 is 1.31 bits per heavy atom. The lowest BCUT2D eigenvalue weighted by Gasteiger charge is -2.03. The minimum absolute atomic E-state index is 0.127. The molecule has 1 amide bonds. The first-order chi connectivity index (χ1) is 14.2. The molecule has 2 aromatic heterocycles. The van der Waals surface area contributed by atoms with E-state index in [1.807, 2.05) is 0 Å². The topological polar surface area (TPSA) is 101 Å². The van der Waals surface area contributed by atoms with Crippen LogP contribution in [0.2, 0.25) is 5.02 Å². The van der Waals surface area contributed by atoms with Gasteiger partial charge < -0.3 is 10.1 Å². The maximum Gasteiger partial charge on any atom is 0.418 e. The van der Waals surface area contributed by atoms with Gasteiger partial charge in [-0.3, -0.25) is 9.32 Å². The zero-order chi connectivity index (χ0) is 20.2. The molecule has 9 heteroatoms. The third-order valence-corrected chi connectivity index (χ3v) is 6.17. The molecule has 0 unspecified atom stereocenters. The molecule has 0 saturated heterocycles. The standard InChI is InChI=1S/C20H17ClN4O3S/c21-15-8-5-4-7-13(15)18-24-20(28-25-18)27-11-17(26)23-19-14(10-22)12-6-2-1-3-9-16(12)29-19/h4-5,7-8H,1-3,6,9,11H2,(H,23,26). The second-order valence-corrected chi connectivity index (χ2v) is 8.09. The summed E-state index contributed by atoms with van der Waals surface area (Å²) in [4.78, 5) is 17.6. The van der Waals surface area contributed by atoms with Crippen LogP contribution in [0.1, 0.15) is 35.3 Å². The number of hydrogen-bond donors (Lipinski definition) is 1. The lowest BCUT2D eigenvalue weighted by atomic mass is 10.1. The van der Waals surface area contributed by atoms with Crippen LogP contribution in [-0.2, 0) is 17.6 Å². The second kappa shape index (κ2) is 8.64. The van der Waals surface area contributed by atoms with Crippen LogP contribution in [0.4, 0.5) is 5.00 Å². The second-order valence-electron chi connectivity index (χ2n) is 6.58. The molecule has 148 valence electrons. The zero-order valence-electron chi connectivity index (χ0n) is 15.4. The molecular weight excluding hydrogens is 412 g/mol. The highest BCUT2D eigenvalue weighted by atomic mass is 35.5. The molecule has 0 atom stereocenters. The number of rotatable bonds is 5. The number of thiophene rings is 1. The summed E-state index contributed by atoms with van der Waals surface area (Å²) < 4.78 is 10.3. The summed E-state index contributed by atoms with van der Waals surface area (Å²) in [5, 5.41) is 17.2. The first-order valence-electron chi connectivity index (χ1n) is 9.21. The number of nitrogens with zero attached hydrogens (tertiary/aromatic N) is 3. The van der Waals surface area contributed by atoms with Gasteiger partial charge in [-0.05, 0) is 43.4 Å².